The van der Waals surface area contributed by atoms with Crippen LogP contribution in [0.1, 0.15) is 10.4 Å². The quantitative estimate of drug-likeness (QED) is 0.937. The number of carbonyl (C=O) groups excluding carboxylic acids is 1. The van der Waals surface area contributed by atoms with Gasteiger partial charge in [-0.05, 0) is 18.2 Å². The first-order valence-electron chi connectivity index (χ1n) is 6.94. The highest BCUT2D eigenvalue weighted by Crippen LogP contribution is 2.14. The highest BCUT2D eigenvalue weighted by atomic mass is 19.1. The third-order valence-electron chi connectivity index (χ3n) is 3.28. The fourth-order valence-corrected chi connectivity index (χ4v) is 2.15. The molecule has 114 valence electrons. The number of amides is 1. The zero-order valence-electron chi connectivity index (χ0n) is 11.8. The van der Waals surface area contributed by atoms with Crippen LogP contribution in [0.3, 0.4) is 0 Å². The van der Waals surface area contributed by atoms with E-state index in [0.717, 1.165) is 0 Å². The van der Waals surface area contributed by atoms with Gasteiger partial charge >= 0.3 is 0 Å². The number of rotatable bonds is 3. The minimum absolute atomic E-state index is 0.111. The van der Waals surface area contributed by atoms with E-state index >= 15 is 0 Å². The van der Waals surface area contributed by atoms with Crippen molar-refractivity contribution in [1.82, 2.24) is 14.9 Å². The summed E-state index contributed by atoms with van der Waals surface area (Å²) in [5, 5.41) is 2.88. The minimum Gasteiger partial charge on any atom is -0.378 e. The molecule has 0 saturated carbocycles. The van der Waals surface area contributed by atoms with Crippen molar-refractivity contribution in [1.29, 1.82) is 0 Å². The molecular weight excluding hydrogens is 287 g/mol. The summed E-state index contributed by atoms with van der Waals surface area (Å²) in [6.45, 7) is 2.24. The van der Waals surface area contributed by atoms with Crippen LogP contribution in [0.4, 0.5) is 16.0 Å². The Labute approximate surface area is 126 Å². The summed E-state index contributed by atoms with van der Waals surface area (Å²) in [5.41, 5.74) is 0.971. The van der Waals surface area contributed by atoms with Gasteiger partial charge in [-0.3, -0.25) is 4.79 Å². The van der Waals surface area contributed by atoms with Gasteiger partial charge in [0, 0.05) is 31.2 Å². The Kier molecular flexibility index (Phi) is 4.24. The smallest absolute Gasteiger partial charge is 0.257 e. The molecule has 0 bridgehead atoms. The van der Waals surface area contributed by atoms with Gasteiger partial charge in [0.25, 0.3) is 5.91 Å². The average Bonchev–Trinajstić information content (AvgIpc) is 2.56. The molecule has 1 aromatic heterocycles. The molecular formula is C15H15FN4O2. The van der Waals surface area contributed by atoms with Crippen LogP contribution < -0.4 is 5.32 Å². The van der Waals surface area contributed by atoms with Crippen molar-refractivity contribution in [3.63, 3.8) is 0 Å². The molecule has 1 fully saturated rings. The van der Waals surface area contributed by atoms with Crippen molar-refractivity contribution >= 4 is 17.5 Å². The van der Waals surface area contributed by atoms with Crippen molar-refractivity contribution in [2.75, 3.05) is 31.6 Å². The Balaban J connectivity index is 1.68. The van der Waals surface area contributed by atoms with E-state index in [1.807, 2.05) is 0 Å². The van der Waals surface area contributed by atoms with E-state index in [1.54, 1.807) is 17.0 Å². The Morgan fingerprint density at radius 2 is 1.95 bits per heavy atom. The number of ether oxygens (including phenoxy) is 1. The van der Waals surface area contributed by atoms with E-state index < -0.39 is 0 Å². The van der Waals surface area contributed by atoms with Gasteiger partial charge in [0.2, 0.25) is 5.95 Å². The molecule has 0 atom stereocenters. The normalized spacial score (nSPS) is 14.7. The lowest BCUT2D eigenvalue weighted by Gasteiger charge is -2.26. The van der Waals surface area contributed by atoms with Crippen molar-refractivity contribution < 1.29 is 13.9 Å². The number of benzene rings is 1. The van der Waals surface area contributed by atoms with Gasteiger partial charge in [-0.2, -0.15) is 0 Å². The SMILES string of the molecule is O=C(c1cnc(Nc2cccc(F)c2)nc1)N1CCOCC1. The molecule has 0 radical (unpaired) electrons. The summed E-state index contributed by atoms with van der Waals surface area (Å²) < 4.78 is 18.3. The van der Waals surface area contributed by atoms with Crippen LogP contribution in [-0.4, -0.2) is 47.1 Å². The predicted molar refractivity (Wildman–Crippen MR) is 78.4 cm³/mol. The third kappa shape index (κ3) is 3.37. The fourth-order valence-electron chi connectivity index (χ4n) is 2.15. The summed E-state index contributed by atoms with van der Waals surface area (Å²) in [7, 11) is 0. The van der Waals surface area contributed by atoms with E-state index in [9.17, 15) is 9.18 Å². The van der Waals surface area contributed by atoms with Crippen LogP contribution in [0.25, 0.3) is 0 Å². The molecule has 22 heavy (non-hydrogen) atoms. The summed E-state index contributed by atoms with van der Waals surface area (Å²) >= 11 is 0. The van der Waals surface area contributed by atoms with Crippen LogP contribution in [0.5, 0.6) is 0 Å². The number of anilines is 2. The molecule has 3 rings (SSSR count). The first-order chi connectivity index (χ1) is 10.7. The Morgan fingerprint density at radius 3 is 2.64 bits per heavy atom. The second-order valence-corrected chi connectivity index (χ2v) is 4.84. The maximum atomic E-state index is 13.1. The molecule has 1 aromatic carbocycles. The molecule has 2 aromatic rings. The van der Waals surface area contributed by atoms with Gasteiger partial charge in [-0.1, -0.05) is 6.07 Å². The first-order valence-corrected chi connectivity index (χ1v) is 6.94. The number of nitrogens with zero attached hydrogens (tertiary/aromatic N) is 3. The monoisotopic (exact) mass is 302 g/mol. The number of carbonyl (C=O) groups is 1. The largest absolute Gasteiger partial charge is 0.378 e. The van der Waals surface area contributed by atoms with Crippen molar-refractivity contribution in [2.24, 2.45) is 0 Å². The molecule has 0 aliphatic carbocycles. The molecule has 1 N–H and O–H groups in total. The van der Waals surface area contributed by atoms with E-state index in [-0.39, 0.29) is 11.7 Å². The molecule has 2 heterocycles. The highest BCUT2D eigenvalue weighted by molar-refractivity contribution is 5.93. The van der Waals surface area contributed by atoms with Crippen molar-refractivity contribution in [3.05, 3.63) is 48.0 Å². The number of hydrogen-bond donors (Lipinski definition) is 1. The number of morpholine rings is 1. The molecule has 0 unspecified atom stereocenters. The van der Waals surface area contributed by atoms with Gasteiger partial charge in [0.05, 0.1) is 18.8 Å². The zero-order chi connectivity index (χ0) is 15.4. The predicted octanol–water partition coefficient (Wildman–Crippen LogP) is 1.83. The van der Waals surface area contributed by atoms with E-state index in [1.165, 1.54) is 24.5 Å². The number of nitrogens with one attached hydrogen (secondary N) is 1. The first kappa shape index (κ1) is 14.4. The highest BCUT2D eigenvalue weighted by Gasteiger charge is 2.19. The van der Waals surface area contributed by atoms with E-state index in [0.29, 0.717) is 43.5 Å². The number of halogens is 1. The van der Waals surface area contributed by atoms with Crippen LogP contribution in [0.2, 0.25) is 0 Å². The van der Waals surface area contributed by atoms with Gasteiger partial charge in [-0.25, -0.2) is 14.4 Å². The maximum Gasteiger partial charge on any atom is 0.257 e. The van der Waals surface area contributed by atoms with Crippen LogP contribution in [0.15, 0.2) is 36.7 Å². The summed E-state index contributed by atoms with van der Waals surface area (Å²) in [4.78, 5) is 22.1. The molecule has 7 heteroatoms. The van der Waals surface area contributed by atoms with E-state index in [4.69, 9.17) is 4.74 Å². The average molecular weight is 302 g/mol. The topological polar surface area (TPSA) is 67.4 Å². The number of aromatic nitrogens is 2. The van der Waals surface area contributed by atoms with Crippen molar-refractivity contribution in [2.45, 2.75) is 0 Å². The zero-order valence-corrected chi connectivity index (χ0v) is 11.8. The van der Waals surface area contributed by atoms with Gasteiger partial charge in [0.15, 0.2) is 0 Å². The maximum absolute atomic E-state index is 13.1. The Bertz CT molecular complexity index is 657. The minimum atomic E-state index is -0.343. The second kappa shape index (κ2) is 6.48. The van der Waals surface area contributed by atoms with Gasteiger partial charge in [0.1, 0.15) is 5.82 Å². The van der Waals surface area contributed by atoms with Crippen LogP contribution in [-0.2, 0) is 4.74 Å². The lowest BCUT2D eigenvalue weighted by Crippen LogP contribution is -2.40. The molecule has 6 nitrogen and oxygen atoms in total. The number of hydrogen-bond acceptors (Lipinski definition) is 5. The van der Waals surface area contributed by atoms with Crippen LogP contribution >= 0.6 is 0 Å². The fraction of sp³-hybridized carbons (Fsp3) is 0.267. The molecule has 1 saturated heterocycles. The molecule has 0 spiro atoms. The standard InChI is InChI=1S/C15H15FN4O2/c16-12-2-1-3-13(8-12)19-15-17-9-11(10-18-15)14(21)20-4-6-22-7-5-20/h1-3,8-10H,4-7H2,(H,17,18,19). The lowest BCUT2D eigenvalue weighted by molar-refractivity contribution is 0.0302. The van der Waals surface area contributed by atoms with Gasteiger partial charge in [-0.15, -0.1) is 0 Å². The Hall–Kier alpha value is -2.54. The summed E-state index contributed by atoms with van der Waals surface area (Å²) in [5.74, 6) is -0.145. The van der Waals surface area contributed by atoms with E-state index in [2.05, 4.69) is 15.3 Å². The lowest BCUT2D eigenvalue weighted by atomic mass is 10.3. The molecule has 1 aliphatic heterocycles. The van der Waals surface area contributed by atoms with Crippen molar-refractivity contribution in [3.8, 4) is 0 Å². The third-order valence-corrected chi connectivity index (χ3v) is 3.28. The van der Waals surface area contributed by atoms with Crippen LogP contribution in [0, 0.1) is 5.82 Å². The summed E-state index contributed by atoms with van der Waals surface area (Å²) in [6, 6.07) is 6.00. The Morgan fingerprint density at radius 1 is 1.23 bits per heavy atom. The molecule has 1 aliphatic rings. The van der Waals surface area contributed by atoms with Gasteiger partial charge < -0.3 is 15.0 Å². The second-order valence-electron chi connectivity index (χ2n) is 4.84. The summed E-state index contributed by atoms with van der Waals surface area (Å²) in [6.07, 6.45) is 2.93. The molecule has 1 amide bonds.